The second-order valence-corrected chi connectivity index (χ2v) is 9.02. The molecule has 3 saturated carbocycles. The van der Waals surface area contributed by atoms with Crippen LogP contribution in [0, 0.1) is 41.4 Å². The van der Waals surface area contributed by atoms with Gasteiger partial charge in [-0.2, -0.15) is 0 Å². The van der Waals surface area contributed by atoms with Crippen LogP contribution in [0.1, 0.15) is 77.6 Å². The molecular formula is C24H36O4. The number of allylic oxidation sites excluding steroid dienone is 2. The number of aliphatic carboxylic acids is 1. The summed E-state index contributed by atoms with van der Waals surface area (Å²) >= 11 is 0. The molecule has 0 aromatic heterocycles. The second kappa shape index (κ2) is 9.94. The number of carbonyl (C=O) groups is 1. The Morgan fingerprint density at radius 2 is 2.00 bits per heavy atom. The predicted molar refractivity (Wildman–Crippen MR) is 109 cm³/mol. The van der Waals surface area contributed by atoms with E-state index in [0.29, 0.717) is 30.1 Å². The maximum absolute atomic E-state index is 10.9. The topological polar surface area (TPSA) is 77.8 Å². The Balaban J connectivity index is 1.73. The van der Waals surface area contributed by atoms with Gasteiger partial charge < -0.3 is 15.3 Å². The van der Waals surface area contributed by atoms with Gasteiger partial charge in [0, 0.05) is 6.42 Å². The number of fused-ring (bicyclic) bond motifs is 1. The number of aliphatic hydroxyl groups excluding tert-OH is 2. The van der Waals surface area contributed by atoms with Crippen molar-refractivity contribution < 1.29 is 20.1 Å². The van der Waals surface area contributed by atoms with E-state index in [1.165, 1.54) is 18.4 Å². The van der Waals surface area contributed by atoms with Crippen LogP contribution in [0.4, 0.5) is 0 Å². The highest BCUT2D eigenvalue weighted by Gasteiger charge is 2.52. The van der Waals surface area contributed by atoms with E-state index < -0.39 is 18.2 Å². The molecule has 0 aromatic carbocycles. The van der Waals surface area contributed by atoms with Crippen LogP contribution in [0.15, 0.2) is 11.6 Å². The molecule has 0 saturated heterocycles. The molecule has 2 unspecified atom stereocenters. The van der Waals surface area contributed by atoms with Crippen LogP contribution in [0.2, 0.25) is 0 Å². The highest BCUT2D eigenvalue weighted by atomic mass is 16.4. The Labute approximate surface area is 169 Å². The van der Waals surface area contributed by atoms with Crippen molar-refractivity contribution in [1.29, 1.82) is 0 Å². The summed E-state index contributed by atoms with van der Waals surface area (Å²) in [6, 6.07) is 0. The zero-order valence-electron chi connectivity index (χ0n) is 17.1. The molecule has 6 atom stereocenters. The largest absolute Gasteiger partial charge is 0.481 e. The van der Waals surface area contributed by atoms with Crippen molar-refractivity contribution in [2.24, 2.45) is 29.6 Å². The van der Waals surface area contributed by atoms with Gasteiger partial charge in [-0.05, 0) is 62.2 Å². The molecule has 4 heteroatoms. The number of unbranched alkanes of at least 4 members (excludes halogenated alkanes) is 1. The maximum Gasteiger partial charge on any atom is 0.303 e. The van der Waals surface area contributed by atoms with Crippen LogP contribution in [-0.2, 0) is 4.79 Å². The number of carboxylic acids is 1. The first-order chi connectivity index (χ1) is 13.5. The van der Waals surface area contributed by atoms with Gasteiger partial charge in [0.15, 0.2) is 0 Å². The third-order valence-corrected chi connectivity index (χ3v) is 7.24. The van der Waals surface area contributed by atoms with E-state index in [2.05, 4.69) is 24.8 Å². The standard InChI is InChI=1S/C24H36O4/c1-2-3-9-18-17(10-6-11-23(27)28)19-12-15-22(26)20(24(18)19)13-14-21(25)16-7-4-5-8-16/h10,16,18-22,24-26H,2-9,11-12,15H2,1H3,(H,27,28)/t18?,19-,20+,21?,22-,24+/m0/s1. The number of aliphatic hydroxyl groups is 2. The lowest BCUT2D eigenvalue weighted by Crippen LogP contribution is -2.51. The van der Waals surface area contributed by atoms with Crippen molar-refractivity contribution in [2.45, 2.75) is 89.8 Å². The van der Waals surface area contributed by atoms with Crippen LogP contribution < -0.4 is 0 Å². The van der Waals surface area contributed by atoms with Gasteiger partial charge in [-0.25, -0.2) is 0 Å². The number of rotatable bonds is 7. The summed E-state index contributed by atoms with van der Waals surface area (Å²) in [6.45, 7) is 2.19. The van der Waals surface area contributed by atoms with E-state index in [4.69, 9.17) is 5.11 Å². The number of hydrogen-bond donors (Lipinski definition) is 3. The van der Waals surface area contributed by atoms with E-state index >= 15 is 0 Å². The fourth-order valence-corrected chi connectivity index (χ4v) is 5.74. The number of hydrogen-bond acceptors (Lipinski definition) is 3. The molecule has 3 rings (SSSR count). The lowest BCUT2D eigenvalue weighted by molar-refractivity contribution is -0.136. The molecule has 0 spiro atoms. The first-order valence-corrected chi connectivity index (χ1v) is 11.3. The van der Waals surface area contributed by atoms with Crippen molar-refractivity contribution in [2.75, 3.05) is 0 Å². The maximum atomic E-state index is 10.9. The molecule has 3 N–H and O–H groups in total. The second-order valence-electron chi connectivity index (χ2n) is 9.02. The van der Waals surface area contributed by atoms with Crippen LogP contribution >= 0.6 is 0 Å². The summed E-state index contributed by atoms with van der Waals surface area (Å²) in [5.74, 6) is 7.11. The summed E-state index contributed by atoms with van der Waals surface area (Å²) in [4.78, 5) is 10.9. The molecule has 28 heavy (non-hydrogen) atoms. The lowest BCUT2D eigenvalue weighted by Gasteiger charge is -2.55. The van der Waals surface area contributed by atoms with Gasteiger partial charge in [-0.15, -0.1) is 0 Å². The van der Waals surface area contributed by atoms with Crippen LogP contribution in [-0.4, -0.2) is 33.5 Å². The fourth-order valence-electron chi connectivity index (χ4n) is 5.74. The third kappa shape index (κ3) is 4.81. The van der Waals surface area contributed by atoms with Gasteiger partial charge in [0.2, 0.25) is 0 Å². The normalized spacial score (nSPS) is 35.0. The summed E-state index contributed by atoms with van der Waals surface area (Å²) in [7, 11) is 0. The van der Waals surface area contributed by atoms with E-state index in [1.807, 2.05) is 0 Å². The van der Waals surface area contributed by atoms with E-state index in [-0.39, 0.29) is 12.3 Å². The zero-order valence-corrected chi connectivity index (χ0v) is 17.1. The highest BCUT2D eigenvalue weighted by molar-refractivity contribution is 5.66. The predicted octanol–water partition coefficient (Wildman–Crippen LogP) is 4.16. The minimum atomic E-state index is -0.749. The molecule has 3 fully saturated rings. The molecule has 0 bridgehead atoms. The van der Waals surface area contributed by atoms with E-state index in [1.54, 1.807) is 0 Å². The van der Waals surface area contributed by atoms with Crippen molar-refractivity contribution in [3.05, 3.63) is 11.6 Å². The Morgan fingerprint density at radius 3 is 2.68 bits per heavy atom. The molecular weight excluding hydrogens is 352 g/mol. The summed E-state index contributed by atoms with van der Waals surface area (Å²) in [5, 5.41) is 30.0. The number of carboxylic acid groups (broad SMARTS) is 1. The molecule has 0 radical (unpaired) electrons. The molecule has 4 nitrogen and oxygen atoms in total. The van der Waals surface area contributed by atoms with Crippen molar-refractivity contribution in [3.8, 4) is 11.8 Å². The van der Waals surface area contributed by atoms with Crippen LogP contribution in [0.25, 0.3) is 0 Å². The Hall–Kier alpha value is -1.31. The molecule has 0 heterocycles. The zero-order chi connectivity index (χ0) is 20.1. The monoisotopic (exact) mass is 388 g/mol. The summed E-state index contributed by atoms with van der Waals surface area (Å²) in [5.41, 5.74) is 1.41. The first-order valence-electron chi connectivity index (χ1n) is 11.3. The first kappa shape index (κ1) is 21.4. The highest BCUT2D eigenvalue weighted by Crippen LogP contribution is 2.57. The van der Waals surface area contributed by atoms with Crippen molar-refractivity contribution >= 4 is 5.97 Å². The molecule has 0 amide bonds. The van der Waals surface area contributed by atoms with Gasteiger partial charge in [0.25, 0.3) is 0 Å². The third-order valence-electron chi connectivity index (χ3n) is 7.24. The van der Waals surface area contributed by atoms with Gasteiger partial charge in [0.1, 0.15) is 6.10 Å². The van der Waals surface area contributed by atoms with Crippen molar-refractivity contribution in [1.82, 2.24) is 0 Å². The smallest absolute Gasteiger partial charge is 0.303 e. The quantitative estimate of drug-likeness (QED) is 0.452. The molecule has 3 aliphatic rings. The minimum Gasteiger partial charge on any atom is -0.481 e. The molecule has 156 valence electrons. The Kier molecular flexibility index (Phi) is 7.60. The summed E-state index contributed by atoms with van der Waals surface area (Å²) in [6.07, 6.45) is 11.5. The Morgan fingerprint density at radius 1 is 1.25 bits per heavy atom. The van der Waals surface area contributed by atoms with Crippen LogP contribution in [0.5, 0.6) is 0 Å². The Bertz CT molecular complexity index is 622. The van der Waals surface area contributed by atoms with Gasteiger partial charge in [-0.1, -0.05) is 56.1 Å². The van der Waals surface area contributed by atoms with Crippen LogP contribution in [0.3, 0.4) is 0 Å². The lowest BCUT2D eigenvalue weighted by atomic mass is 9.50. The molecule has 0 aliphatic heterocycles. The van der Waals surface area contributed by atoms with E-state index in [0.717, 1.165) is 44.9 Å². The minimum absolute atomic E-state index is 0.0618. The molecule has 0 aromatic rings. The van der Waals surface area contributed by atoms with E-state index in [9.17, 15) is 15.0 Å². The average molecular weight is 389 g/mol. The van der Waals surface area contributed by atoms with Gasteiger partial charge in [-0.3, -0.25) is 4.79 Å². The average Bonchev–Trinajstić information content (AvgIpc) is 3.19. The fraction of sp³-hybridized carbons (Fsp3) is 0.792. The van der Waals surface area contributed by atoms with Gasteiger partial charge in [0.05, 0.1) is 12.0 Å². The SMILES string of the molecule is CCCCC1C(=CCCC(=O)O)[C@@H]2CC[C@H](O)[C@@H](C#CC(O)C3CCCC3)[C@H]12. The summed E-state index contributed by atoms with van der Waals surface area (Å²) < 4.78 is 0. The van der Waals surface area contributed by atoms with Gasteiger partial charge >= 0.3 is 5.97 Å². The van der Waals surface area contributed by atoms with Crippen molar-refractivity contribution in [3.63, 3.8) is 0 Å². The molecule has 3 aliphatic carbocycles.